The van der Waals surface area contributed by atoms with Gasteiger partial charge in [-0.2, -0.15) is 11.8 Å². The summed E-state index contributed by atoms with van der Waals surface area (Å²) in [6.45, 7) is 1.94. The summed E-state index contributed by atoms with van der Waals surface area (Å²) in [6.07, 6.45) is 5.49. The van der Waals surface area contributed by atoms with Crippen LogP contribution in [-0.4, -0.2) is 23.5 Å². The normalized spacial score (nSPS) is 22.3. The van der Waals surface area contributed by atoms with Crippen LogP contribution in [0.5, 0.6) is 0 Å². The van der Waals surface area contributed by atoms with Gasteiger partial charge in [0.15, 0.2) is 0 Å². The number of rotatable bonds is 4. The number of aryl methyl sites for hydroxylation is 1. The summed E-state index contributed by atoms with van der Waals surface area (Å²) >= 11 is 1.89. The van der Waals surface area contributed by atoms with Crippen molar-refractivity contribution >= 4 is 23.4 Å². The van der Waals surface area contributed by atoms with E-state index in [1.54, 1.807) is 6.07 Å². The molecule has 0 saturated heterocycles. The molecule has 1 aromatic carbocycles. The molecule has 104 valence electrons. The molecule has 19 heavy (non-hydrogen) atoms. The first kappa shape index (κ1) is 14.2. The lowest BCUT2D eigenvalue weighted by Crippen LogP contribution is -2.33. The van der Waals surface area contributed by atoms with Crippen molar-refractivity contribution in [3.05, 3.63) is 29.3 Å². The Bertz CT molecular complexity index is 464. The lowest BCUT2D eigenvalue weighted by Gasteiger charge is -2.14. The maximum Gasteiger partial charge on any atom is 0.251 e. The zero-order valence-corrected chi connectivity index (χ0v) is 12.2. The number of hydrogen-bond donors (Lipinski definition) is 3. The van der Waals surface area contributed by atoms with Crippen LogP contribution in [0.4, 0.5) is 5.69 Å². The Kier molecular flexibility index (Phi) is 4.71. The highest BCUT2D eigenvalue weighted by Crippen LogP contribution is 2.28. The molecular formula is C14H21N3OS. The molecule has 1 amide bonds. The van der Waals surface area contributed by atoms with Gasteiger partial charge in [0.1, 0.15) is 0 Å². The summed E-state index contributed by atoms with van der Waals surface area (Å²) in [5, 5.41) is 3.81. The summed E-state index contributed by atoms with van der Waals surface area (Å²) in [5.41, 5.74) is 5.13. The first-order valence-electron chi connectivity index (χ1n) is 6.55. The SMILES string of the molecule is CSC1CCC(NC(=O)c2ccc(NN)c(C)c2)C1. The van der Waals surface area contributed by atoms with Gasteiger partial charge in [0.05, 0.1) is 5.69 Å². The van der Waals surface area contributed by atoms with Gasteiger partial charge in [-0.05, 0) is 56.2 Å². The number of benzene rings is 1. The average Bonchev–Trinajstić information content (AvgIpc) is 2.86. The van der Waals surface area contributed by atoms with E-state index in [1.165, 1.54) is 6.42 Å². The minimum Gasteiger partial charge on any atom is -0.349 e. The molecule has 0 bridgehead atoms. The summed E-state index contributed by atoms with van der Waals surface area (Å²) in [5.74, 6) is 5.40. The number of amides is 1. The molecule has 2 unspecified atom stereocenters. The number of anilines is 1. The van der Waals surface area contributed by atoms with Gasteiger partial charge in [-0.15, -0.1) is 0 Å². The summed E-state index contributed by atoms with van der Waals surface area (Å²) in [6, 6.07) is 5.82. The fraction of sp³-hybridized carbons (Fsp3) is 0.500. The number of carbonyl (C=O) groups excluding carboxylic acids is 1. The molecule has 2 rings (SSSR count). The number of hydrogen-bond acceptors (Lipinski definition) is 4. The average molecular weight is 279 g/mol. The Hall–Kier alpha value is -1.20. The topological polar surface area (TPSA) is 67.2 Å². The Morgan fingerprint density at radius 1 is 1.42 bits per heavy atom. The fourth-order valence-corrected chi connectivity index (χ4v) is 3.32. The van der Waals surface area contributed by atoms with Crippen molar-refractivity contribution in [2.75, 3.05) is 11.7 Å². The highest BCUT2D eigenvalue weighted by molar-refractivity contribution is 7.99. The molecule has 4 N–H and O–H groups in total. The van der Waals surface area contributed by atoms with Crippen molar-refractivity contribution in [1.82, 2.24) is 5.32 Å². The quantitative estimate of drug-likeness (QED) is 0.584. The Balaban J connectivity index is 1.98. The summed E-state index contributed by atoms with van der Waals surface area (Å²) in [4.78, 5) is 12.2. The Labute approximate surface area is 118 Å². The van der Waals surface area contributed by atoms with Gasteiger partial charge in [-0.1, -0.05) is 0 Å². The molecule has 1 aliphatic rings. The standard InChI is InChI=1S/C14H21N3OS/c1-9-7-10(3-6-13(9)17-15)14(18)16-11-4-5-12(8-11)19-2/h3,6-7,11-12,17H,4-5,8,15H2,1-2H3,(H,16,18). The van der Waals surface area contributed by atoms with E-state index in [4.69, 9.17) is 5.84 Å². The minimum atomic E-state index is 0.0124. The van der Waals surface area contributed by atoms with Crippen molar-refractivity contribution in [3.8, 4) is 0 Å². The van der Waals surface area contributed by atoms with Gasteiger partial charge < -0.3 is 10.7 Å². The summed E-state index contributed by atoms with van der Waals surface area (Å²) < 4.78 is 0. The van der Waals surface area contributed by atoms with Crippen molar-refractivity contribution in [2.24, 2.45) is 5.84 Å². The van der Waals surface area contributed by atoms with Crippen LogP contribution in [-0.2, 0) is 0 Å². The molecule has 4 nitrogen and oxygen atoms in total. The maximum atomic E-state index is 12.2. The van der Waals surface area contributed by atoms with E-state index in [0.717, 1.165) is 24.1 Å². The highest BCUT2D eigenvalue weighted by atomic mass is 32.2. The number of nitrogens with one attached hydrogen (secondary N) is 2. The van der Waals surface area contributed by atoms with E-state index >= 15 is 0 Å². The van der Waals surface area contributed by atoms with Gasteiger partial charge >= 0.3 is 0 Å². The van der Waals surface area contributed by atoms with E-state index in [1.807, 2.05) is 30.8 Å². The number of nitrogens with two attached hydrogens (primary N) is 1. The smallest absolute Gasteiger partial charge is 0.251 e. The molecule has 0 heterocycles. The molecule has 0 aliphatic heterocycles. The van der Waals surface area contributed by atoms with Crippen LogP contribution in [0.25, 0.3) is 0 Å². The van der Waals surface area contributed by atoms with E-state index < -0.39 is 0 Å². The number of hydrazine groups is 1. The van der Waals surface area contributed by atoms with Crippen LogP contribution in [0.2, 0.25) is 0 Å². The predicted octanol–water partition coefficient (Wildman–Crippen LogP) is 2.29. The van der Waals surface area contributed by atoms with Crippen molar-refractivity contribution in [3.63, 3.8) is 0 Å². The second-order valence-corrected chi connectivity index (χ2v) is 6.15. The molecule has 0 radical (unpaired) electrons. The van der Waals surface area contributed by atoms with Gasteiger partial charge in [0, 0.05) is 16.9 Å². The number of carbonyl (C=O) groups is 1. The Morgan fingerprint density at radius 2 is 2.21 bits per heavy atom. The molecule has 2 atom stereocenters. The van der Waals surface area contributed by atoms with E-state index in [2.05, 4.69) is 17.0 Å². The van der Waals surface area contributed by atoms with Crippen molar-refractivity contribution < 1.29 is 4.79 Å². The first-order chi connectivity index (χ1) is 9.13. The largest absolute Gasteiger partial charge is 0.349 e. The molecule has 0 spiro atoms. The molecule has 1 aliphatic carbocycles. The second kappa shape index (κ2) is 6.30. The Morgan fingerprint density at radius 3 is 2.79 bits per heavy atom. The molecular weight excluding hydrogens is 258 g/mol. The van der Waals surface area contributed by atoms with E-state index in [-0.39, 0.29) is 5.91 Å². The van der Waals surface area contributed by atoms with Crippen LogP contribution < -0.4 is 16.6 Å². The lowest BCUT2D eigenvalue weighted by molar-refractivity contribution is 0.0938. The zero-order chi connectivity index (χ0) is 13.8. The van der Waals surface area contributed by atoms with Crippen molar-refractivity contribution in [2.45, 2.75) is 37.5 Å². The summed E-state index contributed by atoms with van der Waals surface area (Å²) in [7, 11) is 0. The highest BCUT2D eigenvalue weighted by Gasteiger charge is 2.25. The minimum absolute atomic E-state index is 0.0124. The number of nitrogen functional groups attached to an aromatic ring is 1. The monoisotopic (exact) mass is 279 g/mol. The third kappa shape index (κ3) is 3.42. The van der Waals surface area contributed by atoms with Gasteiger partial charge in [0.2, 0.25) is 0 Å². The molecule has 0 aromatic heterocycles. The maximum absolute atomic E-state index is 12.2. The molecule has 1 aromatic rings. The lowest BCUT2D eigenvalue weighted by atomic mass is 10.1. The third-order valence-electron chi connectivity index (χ3n) is 3.70. The first-order valence-corrected chi connectivity index (χ1v) is 7.83. The van der Waals surface area contributed by atoms with Gasteiger partial charge in [-0.3, -0.25) is 10.6 Å². The van der Waals surface area contributed by atoms with E-state index in [9.17, 15) is 4.79 Å². The molecule has 1 saturated carbocycles. The second-order valence-electron chi connectivity index (χ2n) is 5.02. The van der Waals surface area contributed by atoms with Gasteiger partial charge in [-0.25, -0.2) is 0 Å². The van der Waals surface area contributed by atoms with Crippen LogP contribution in [0.1, 0.15) is 35.2 Å². The number of thioether (sulfide) groups is 1. The zero-order valence-electron chi connectivity index (χ0n) is 11.4. The molecule has 5 heteroatoms. The molecule has 1 fully saturated rings. The van der Waals surface area contributed by atoms with Crippen molar-refractivity contribution in [1.29, 1.82) is 0 Å². The fourth-order valence-electron chi connectivity index (χ4n) is 2.52. The van der Waals surface area contributed by atoms with Crippen LogP contribution in [0.15, 0.2) is 18.2 Å². The van der Waals surface area contributed by atoms with Crippen LogP contribution in [0.3, 0.4) is 0 Å². The van der Waals surface area contributed by atoms with Gasteiger partial charge in [0.25, 0.3) is 5.91 Å². The third-order valence-corrected chi connectivity index (χ3v) is 4.79. The van der Waals surface area contributed by atoms with Crippen LogP contribution >= 0.6 is 11.8 Å². The van der Waals surface area contributed by atoms with Crippen LogP contribution in [0, 0.1) is 6.92 Å². The predicted molar refractivity (Wildman–Crippen MR) is 81.4 cm³/mol. The van der Waals surface area contributed by atoms with E-state index in [0.29, 0.717) is 16.9 Å².